The molecule has 0 atom stereocenters. The van der Waals surface area contributed by atoms with Crippen LogP contribution in [0.15, 0.2) is 47.7 Å². The summed E-state index contributed by atoms with van der Waals surface area (Å²) in [5, 5.41) is 17.7. The highest BCUT2D eigenvalue weighted by molar-refractivity contribution is 5.80. The Hall–Kier alpha value is -2.70. The van der Waals surface area contributed by atoms with Gasteiger partial charge >= 0.3 is 0 Å². The van der Waals surface area contributed by atoms with E-state index in [-0.39, 0.29) is 0 Å². The Bertz CT molecular complexity index is 677. The molecule has 1 saturated heterocycles. The van der Waals surface area contributed by atoms with Crippen molar-refractivity contribution < 1.29 is 5.11 Å². The fourth-order valence-electron chi connectivity index (χ4n) is 3.10. The zero-order valence-electron chi connectivity index (χ0n) is 14.7. The number of aryl methyl sites for hydroxylation is 1. The summed E-state index contributed by atoms with van der Waals surface area (Å²) in [4.78, 5) is 8.89. The van der Waals surface area contributed by atoms with Crippen molar-refractivity contribution in [3.05, 3.63) is 42.7 Å². The predicted molar refractivity (Wildman–Crippen MR) is 100 cm³/mol. The van der Waals surface area contributed by atoms with Crippen LogP contribution in [0.1, 0.15) is 6.42 Å². The van der Waals surface area contributed by atoms with Gasteiger partial charge in [-0.05, 0) is 24.6 Å². The molecule has 0 bridgehead atoms. The minimum atomic E-state index is 0.345. The summed E-state index contributed by atoms with van der Waals surface area (Å²) in [5.74, 6) is 1.29. The number of anilines is 1. The van der Waals surface area contributed by atoms with Gasteiger partial charge in [0.2, 0.25) is 0 Å². The Labute approximate surface area is 148 Å². The van der Waals surface area contributed by atoms with E-state index in [1.54, 1.807) is 12.3 Å². The van der Waals surface area contributed by atoms with Crippen molar-refractivity contribution in [3.63, 3.8) is 0 Å². The first kappa shape index (κ1) is 17.1. The van der Waals surface area contributed by atoms with E-state index in [1.807, 2.05) is 42.2 Å². The molecule has 0 radical (unpaired) electrons. The number of aliphatic imine (C=N–C) groups is 1. The number of phenolic OH excluding ortho intramolecular Hbond substituents is 1. The fraction of sp³-hybridized carbons (Fsp3) is 0.444. The highest BCUT2D eigenvalue weighted by Crippen LogP contribution is 2.27. The van der Waals surface area contributed by atoms with E-state index < -0.39 is 0 Å². The lowest BCUT2D eigenvalue weighted by Crippen LogP contribution is -2.52. The van der Waals surface area contributed by atoms with E-state index in [0.717, 1.165) is 57.3 Å². The highest BCUT2D eigenvalue weighted by atomic mass is 16.3. The number of benzene rings is 1. The number of aromatic nitrogens is 2. The van der Waals surface area contributed by atoms with Crippen LogP contribution in [0.5, 0.6) is 5.75 Å². The molecule has 1 aliphatic rings. The lowest BCUT2D eigenvalue weighted by molar-refractivity contribution is 0.369. The van der Waals surface area contributed by atoms with E-state index in [9.17, 15) is 5.11 Å². The van der Waals surface area contributed by atoms with Gasteiger partial charge in [-0.15, -0.1) is 0 Å². The Morgan fingerprint density at radius 1 is 1.20 bits per heavy atom. The first-order valence-electron chi connectivity index (χ1n) is 8.74. The van der Waals surface area contributed by atoms with E-state index in [4.69, 9.17) is 0 Å². The van der Waals surface area contributed by atoms with Gasteiger partial charge < -0.3 is 20.2 Å². The molecule has 0 aliphatic carbocycles. The lowest BCUT2D eigenvalue weighted by atomic mass is 10.2. The molecule has 0 saturated carbocycles. The molecule has 0 amide bonds. The summed E-state index contributed by atoms with van der Waals surface area (Å²) in [6, 6.07) is 9.46. The van der Waals surface area contributed by atoms with Crippen LogP contribution in [0, 0.1) is 0 Å². The molecule has 2 N–H and O–H groups in total. The third kappa shape index (κ3) is 4.43. The zero-order valence-corrected chi connectivity index (χ0v) is 14.7. The zero-order chi connectivity index (χ0) is 17.5. The van der Waals surface area contributed by atoms with Gasteiger partial charge in [0.25, 0.3) is 0 Å². The second-order valence-corrected chi connectivity index (χ2v) is 6.06. The van der Waals surface area contributed by atoms with Crippen LogP contribution >= 0.6 is 0 Å². The smallest absolute Gasteiger partial charge is 0.193 e. The predicted octanol–water partition coefficient (Wildman–Crippen LogP) is 1.38. The largest absolute Gasteiger partial charge is 0.506 e. The molecule has 1 aromatic heterocycles. The van der Waals surface area contributed by atoms with Gasteiger partial charge in [0.15, 0.2) is 5.96 Å². The van der Waals surface area contributed by atoms with Gasteiger partial charge in [-0.1, -0.05) is 12.1 Å². The Balaban J connectivity index is 1.45. The normalized spacial score (nSPS) is 15.5. The van der Waals surface area contributed by atoms with Gasteiger partial charge in [0.1, 0.15) is 5.75 Å². The molecule has 7 heteroatoms. The molecule has 2 aromatic rings. The molecule has 0 unspecified atom stereocenters. The number of hydrogen-bond acceptors (Lipinski definition) is 4. The van der Waals surface area contributed by atoms with Crippen LogP contribution in [-0.2, 0) is 6.54 Å². The Morgan fingerprint density at radius 3 is 2.68 bits per heavy atom. The number of rotatable bonds is 5. The van der Waals surface area contributed by atoms with Crippen LogP contribution in [0.25, 0.3) is 0 Å². The number of phenols is 1. The third-order valence-corrected chi connectivity index (χ3v) is 4.42. The van der Waals surface area contributed by atoms with Gasteiger partial charge in [-0.3, -0.25) is 9.67 Å². The van der Waals surface area contributed by atoms with Crippen LogP contribution in [0.2, 0.25) is 0 Å². The summed E-state index contributed by atoms with van der Waals surface area (Å²) in [6.07, 6.45) is 4.78. The molecule has 0 spiro atoms. The maximum absolute atomic E-state index is 10.0. The van der Waals surface area contributed by atoms with Gasteiger partial charge in [-0.2, -0.15) is 5.10 Å². The Kier molecular flexibility index (Phi) is 5.77. The average Bonchev–Trinajstić information content (AvgIpc) is 3.16. The van der Waals surface area contributed by atoms with Crippen molar-refractivity contribution in [2.24, 2.45) is 4.99 Å². The first-order valence-corrected chi connectivity index (χ1v) is 8.74. The SMILES string of the molecule is CN=C(NCCCn1cccn1)N1CCN(c2ccccc2O)CC1. The molecule has 1 fully saturated rings. The number of aromatic hydroxyl groups is 1. The fourth-order valence-corrected chi connectivity index (χ4v) is 3.10. The van der Waals surface area contributed by atoms with E-state index in [0.29, 0.717) is 5.75 Å². The standard InChI is InChI=1S/C18H26N6O/c1-19-18(20-8-4-10-24-11-5-9-21-24)23-14-12-22(13-15-23)16-6-2-3-7-17(16)25/h2-3,5-7,9,11,25H,4,8,10,12-15H2,1H3,(H,19,20). The van der Waals surface area contributed by atoms with E-state index in [1.165, 1.54) is 0 Å². The number of nitrogens with one attached hydrogen (secondary N) is 1. The highest BCUT2D eigenvalue weighted by Gasteiger charge is 2.21. The molecule has 1 aromatic carbocycles. The van der Waals surface area contributed by atoms with Crippen molar-refractivity contribution in [1.82, 2.24) is 20.0 Å². The minimum Gasteiger partial charge on any atom is -0.506 e. The number of para-hydroxylation sites is 2. The summed E-state index contributed by atoms with van der Waals surface area (Å²) >= 11 is 0. The van der Waals surface area contributed by atoms with E-state index in [2.05, 4.69) is 25.2 Å². The van der Waals surface area contributed by atoms with Crippen molar-refractivity contribution in [1.29, 1.82) is 0 Å². The lowest BCUT2D eigenvalue weighted by Gasteiger charge is -2.37. The van der Waals surface area contributed by atoms with Crippen LogP contribution in [-0.4, -0.2) is 65.5 Å². The van der Waals surface area contributed by atoms with E-state index >= 15 is 0 Å². The third-order valence-electron chi connectivity index (χ3n) is 4.42. The van der Waals surface area contributed by atoms with Crippen LogP contribution in [0.4, 0.5) is 5.69 Å². The number of hydrogen-bond donors (Lipinski definition) is 2. The summed E-state index contributed by atoms with van der Waals surface area (Å²) in [7, 11) is 1.82. The maximum atomic E-state index is 10.0. The maximum Gasteiger partial charge on any atom is 0.193 e. The molecule has 134 valence electrons. The Morgan fingerprint density at radius 2 is 2.00 bits per heavy atom. The second kappa shape index (κ2) is 8.41. The molecule has 3 rings (SSSR count). The monoisotopic (exact) mass is 342 g/mol. The van der Waals surface area contributed by atoms with Gasteiger partial charge in [0, 0.05) is 58.7 Å². The van der Waals surface area contributed by atoms with Gasteiger partial charge in [0.05, 0.1) is 5.69 Å². The molecular formula is C18H26N6O. The summed E-state index contributed by atoms with van der Waals surface area (Å²) in [6.45, 7) is 5.27. The topological polar surface area (TPSA) is 68.9 Å². The molecule has 25 heavy (non-hydrogen) atoms. The number of nitrogens with zero attached hydrogens (tertiary/aromatic N) is 5. The van der Waals surface area contributed by atoms with Crippen LogP contribution in [0.3, 0.4) is 0 Å². The second-order valence-electron chi connectivity index (χ2n) is 6.06. The minimum absolute atomic E-state index is 0.345. The van der Waals surface area contributed by atoms with Crippen molar-refractivity contribution >= 4 is 11.6 Å². The average molecular weight is 342 g/mol. The molecular weight excluding hydrogens is 316 g/mol. The molecule has 2 heterocycles. The van der Waals surface area contributed by atoms with Crippen molar-refractivity contribution in [2.45, 2.75) is 13.0 Å². The number of guanidine groups is 1. The molecule has 7 nitrogen and oxygen atoms in total. The number of piperazine rings is 1. The van der Waals surface area contributed by atoms with Crippen molar-refractivity contribution in [3.8, 4) is 5.75 Å². The van der Waals surface area contributed by atoms with Crippen LogP contribution < -0.4 is 10.2 Å². The molecule has 1 aliphatic heterocycles. The summed E-state index contributed by atoms with van der Waals surface area (Å²) < 4.78 is 1.94. The van der Waals surface area contributed by atoms with Crippen molar-refractivity contribution in [2.75, 3.05) is 44.7 Å². The van der Waals surface area contributed by atoms with Gasteiger partial charge in [-0.25, -0.2) is 0 Å². The summed E-state index contributed by atoms with van der Waals surface area (Å²) in [5.41, 5.74) is 0.907. The first-order chi connectivity index (χ1) is 12.3. The quantitative estimate of drug-likeness (QED) is 0.488.